The summed E-state index contributed by atoms with van der Waals surface area (Å²) in [7, 11) is 0. The van der Waals surface area contributed by atoms with Crippen LogP contribution in [0.2, 0.25) is 0 Å². The number of amides is 2. The monoisotopic (exact) mass is 447 g/mol. The maximum absolute atomic E-state index is 13.3. The average molecular weight is 448 g/mol. The van der Waals surface area contributed by atoms with Crippen LogP contribution in [0, 0.1) is 48.3 Å². The highest BCUT2D eigenvalue weighted by Gasteiger charge is 2.67. The van der Waals surface area contributed by atoms with Crippen molar-refractivity contribution in [2.75, 3.05) is 6.61 Å². The molecule has 172 valence electrons. The predicted molar refractivity (Wildman–Crippen MR) is 119 cm³/mol. The zero-order chi connectivity index (χ0) is 22.9. The number of hydrogen-bond donors (Lipinski definition) is 0. The van der Waals surface area contributed by atoms with Gasteiger partial charge in [0.1, 0.15) is 0 Å². The third-order valence-electron chi connectivity index (χ3n) is 8.81. The smallest absolute Gasteiger partial charge is 0.309 e. The molecule has 2 amide bonds. The number of nitrogens with zero attached hydrogens (tertiary/aromatic N) is 1. The number of Topliss-reactive ketones (excluding diaryl/α,β-unsaturated/α-hetero) is 1. The summed E-state index contributed by atoms with van der Waals surface area (Å²) < 4.78 is 5.32. The van der Waals surface area contributed by atoms with Crippen LogP contribution in [-0.4, -0.2) is 41.1 Å². The summed E-state index contributed by atoms with van der Waals surface area (Å²) in [6.45, 7) is 1.69. The van der Waals surface area contributed by atoms with Gasteiger partial charge >= 0.3 is 5.97 Å². The first kappa shape index (κ1) is 20.8. The Hall–Kier alpha value is -2.76. The molecule has 1 aromatic rings. The lowest BCUT2D eigenvalue weighted by molar-refractivity contribution is -0.149. The molecule has 0 radical (unpaired) electrons. The van der Waals surface area contributed by atoms with Crippen LogP contribution >= 0.6 is 0 Å². The lowest BCUT2D eigenvalue weighted by atomic mass is 9.63. The van der Waals surface area contributed by atoms with Gasteiger partial charge in [0.2, 0.25) is 11.8 Å². The zero-order valence-electron chi connectivity index (χ0n) is 18.8. The molecule has 6 heteroatoms. The molecule has 6 atom stereocenters. The highest BCUT2D eigenvalue weighted by Crippen LogP contribution is 2.65. The maximum Gasteiger partial charge on any atom is 0.309 e. The van der Waals surface area contributed by atoms with E-state index in [0.29, 0.717) is 43.1 Å². The fourth-order valence-electron chi connectivity index (χ4n) is 6.99. The molecule has 6 nitrogen and oxygen atoms in total. The summed E-state index contributed by atoms with van der Waals surface area (Å²) in [5, 5.41) is 0. The molecule has 2 bridgehead atoms. The van der Waals surface area contributed by atoms with Gasteiger partial charge in [-0.25, -0.2) is 0 Å². The molecule has 6 aliphatic rings. The van der Waals surface area contributed by atoms with E-state index in [1.54, 1.807) is 17.0 Å². The van der Waals surface area contributed by atoms with E-state index in [1.165, 1.54) is 0 Å². The van der Waals surface area contributed by atoms with Crippen molar-refractivity contribution in [3.63, 3.8) is 0 Å². The second-order valence-electron chi connectivity index (χ2n) is 10.6. The first-order valence-corrected chi connectivity index (χ1v) is 12.3. The van der Waals surface area contributed by atoms with Crippen LogP contribution in [0.5, 0.6) is 0 Å². The topological polar surface area (TPSA) is 80.8 Å². The van der Waals surface area contributed by atoms with Gasteiger partial charge in [0.15, 0.2) is 12.4 Å². The van der Waals surface area contributed by atoms with Crippen molar-refractivity contribution in [2.45, 2.75) is 45.1 Å². The van der Waals surface area contributed by atoms with Crippen molar-refractivity contribution >= 4 is 23.6 Å². The normalized spacial score (nSPS) is 38.2. The van der Waals surface area contributed by atoms with Crippen LogP contribution in [-0.2, 0) is 19.1 Å². The summed E-state index contributed by atoms with van der Waals surface area (Å²) in [4.78, 5) is 53.0. The molecule has 0 N–H and O–H groups in total. The Balaban J connectivity index is 1.04. The molecule has 5 aliphatic carbocycles. The fraction of sp³-hybridized carbons (Fsp3) is 0.556. The van der Waals surface area contributed by atoms with Gasteiger partial charge in [-0.2, -0.15) is 0 Å². The molecule has 1 saturated heterocycles. The van der Waals surface area contributed by atoms with Crippen LogP contribution in [0.15, 0.2) is 36.4 Å². The minimum absolute atomic E-state index is 0.0180. The van der Waals surface area contributed by atoms with E-state index < -0.39 is 0 Å². The van der Waals surface area contributed by atoms with Gasteiger partial charge in [-0.05, 0) is 62.7 Å². The van der Waals surface area contributed by atoms with E-state index in [2.05, 4.69) is 12.2 Å². The molecule has 1 aliphatic heterocycles. The molecule has 1 aromatic carbocycles. The number of ketones is 1. The lowest BCUT2D eigenvalue weighted by Crippen LogP contribution is -2.44. The van der Waals surface area contributed by atoms with Gasteiger partial charge in [-0.15, -0.1) is 0 Å². The van der Waals surface area contributed by atoms with Crippen molar-refractivity contribution in [3.05, 3.63) is 47.5 Å². The summed E-state index contributed by atoms with van der Waals surface area (Å²) in [5.74, 6) is 0.544. The van der Waals surface area contributed by atoms with Crippen molar-refractivity contribution in [3.8, 4) is 0 Å². The largest absolute Gasteiger partial charge is 0.457 e. The van der Waals surface area contributed by atoms with E-state index in [-0.39, 0.29) is 65.8 Å². The average Bonchev–Trinajstić information content (AvgIpc) is 3.61. The number of imide groups is 1. The number of rotatable bonds is 5. The van der Waals surface area contributed by atoms with Crippen molar-refractivity contribution in [2.24, 2.45) is 41.4 Å². The van der Waals surface area contributed by atoms with Crippen molar-refractivity contribution in [1.82, 2.24) is 4.90 Å². The summed E-state index contributed by atoms with van der Waals surface area (Å²) in [6.07, 6.45) is 7.95. The summed E-state index contributed by atoms with van der Waals surface area (Å²) >= 11 is 0. The van der Waals surface area contributed by atoms with Gasteiger partial charge < -0.3 is 4.74 Å². The number of carbonyl (C=O) groups is 4. The molecule has 7 rings (SSSR count). The van der Waals surface area contributed by atoms with Crippen LogP contribution in [0.1, 0.15) is 48.0 Å². The molecule has 3 saturated carbocycles. The third-order valence-corrected chi connectivity index (χ3v) is 8.81. The lowest BCUT2D eigenvalue weighted by Gasteiger charge is -2.37. The molecular weight excluding hydrogens is 418 g/mol. The number of aryl methyl sites for hydroxylation is 1. The number of ether oxygens (including phenoxy) is 1. The number of allylic oxidation sites excluding steroid dienone is 2. The minimum atomic E-state index is -0.357. The van der Waals surface area contributed by atoms with Crippen LogP contribution in [0.25, 0.3) is 0 Å². The predicted octanol–water partition coefficient (Wildman–Crippen LogP) is 3.33. The van der Waals surface area contributed by atoms with Crippen LogP contribution in [0.3, 0.4) is 0 Å². The Bertz CT molecular complexity index is 1010. The van der Waals surface area contributed by atoms with E-state index in [1.807, 2.05) is 19.1 Å². The van der Waals surface area contributed by atoms with Crippen molar-refractivity contribution in [1.29, 1.82) is 0 Å². The van der Waals surface area contributed by atoms with Gasteiger partial charge in [0.25, 0.3) is 0 Å². The number of esters is 1. The molecule has 1 heterocycles. The van der Waals surface area contributed by atoms with Crippen LogP contribution in [0.4, 0.5) is 0 Å². The van der Waals surface area contributed by atoms with Gasteiger partial charge in [0, 0.05) is 11.6 Å². The third kappa shape index (κ3) is 3.29. The van der Waals surface area contributed by atoms with Gasteiger partial charge in [0.05, 0.1) is 17.8 Å². The van der Waals surface area contributed by atoms with E-state index >= 15 is 0 Å². The Morgan fingerprint density at radius 2 is 1.48 bits per heavy atom. The number of hydrogen-bond acceptors (Lipinski definition) is 5. The highest BCUT2D eigenvalue weighted by atomic mass is 16.5. The molecular formula is C27H29NO5. The minimum Gasteiger partial charge on any atom is -0.457 e. The van der Waals surface area contributed by atoms with E-state index in [9.17, 15) is 19.2 Å². The maximum atomic E-state index is 13.3. The number of likely N-dealkylation sites (tertiary alicyclic amines) is 1. The SMILES string of the molecule is Cc1ccc(C(=O)COC(=O)C2CCC(N3C(=O)[C@H]4[C@@H]5C=C[C@H]([C@H]6C[C@H]56)[C@@H]4C3=O)CC2)cc1. The highest BCUT2D eigenvalue weighted by molar-refractivity contribution is 6.06. The Morgan fingerprint density at radius 1 is 0.909 bits per heavy atom. The Morgan fingerprint density at radius 3 is 2.06 bits per heavy atom. The molecule has 33 heavy (non-hydrogen) atoms. The second-order valence-corrected chi connectivity index (χ2v) is 10.6. The zero-order valence-corrected chi connectivity index (χ0v) is 18.8. The van der Waals surface area contributed by atoms with Gasteiger partial charge in [-0.1, -0.05) is 42.0 Å². The van der Waals surface area contributed by atoms with E-state index in [0.717, 1.165) is 12.0 Å². The molecule has 0 spiro atoms. The number of carbonyl (C=O) groups excluding carboxylic acids is 4. The Labute approximate surface area is 193 Å². The van der Waals surface area contributed by atoms with Crippen molar-refractivity contribution < 1.29 is 23.9 Å². The van der Waals surface area contributed by atoms with Gasteiger partial charge in [-0.3, -0.25) is 24.1 Å². The fourth-order valence-corrected chi connectivity index (χ4v) is 6.99. The molecule has 0 unspecified atom stereocenters. The standard InChI is InChI=1S/C27H29NO5/c1-14-2-4-15(5-3-14)22(29)13-33-27(32)16-6-8-17(9-7-16)28-25(30)23-18-10-11-19(21-12-20(18)21)24(23)26(28)31/h2-5,10-11,16-21,23-24H,6-9,12-13H2,1H3/t16?,17?,18-,19-,20-,21-,23+,24+/m1/s1. The van der Waals surface area contributed by atoms with E-state index in [4.69, 9.17) is 4.74 Å². The summed E-state index contributed by atoms with van der Waals surface area (Å²) in [5.41, 5.74) is 1.60. The first-order valence-electron chi connectivity index (χ1n) is 12.3. The molecule has 0 aromatic heterocycles. The van der Waals surface area contributed by atoms with Crippen LogP contribution < -0.4 is 0 Å². The molecule has 4 fully saturated rings. The summed E-state index contributed by atoms with van der Waals surface area (Å²) in [6, 6.07) is 7.08. The first-order chi connectivity index (χ1) is 15.9. The second kappa shape index (κ2) is 7.64. The Kier molecular flexibility index (Phi) is 4.82. The quantitative estimate of drug-likeness (QED) is 0.299. The number of benzene rings is 1.